The summed E-state index contributed by atoms with van der Waals surface area (Å²) >= 11 is 5.83. The minimum Gasteiger partial charge on any atom is -0.497 e. The maximum atomic E-state index is 5.83. The number of thiocarbonyl (C=S) groups is 1. The number of nitrogens with zero attached hydrogens (tertiary/aromatic N) is 1. The van der Waals surface area contributed by atoms with Gasteiger partial charge in [-0.2, -0.15) is 0 Å². The quantitative estimate of drug-likeness (QED) is 0.498. The Morgan fingerprint density at radius 2 is 1.57 bits per heavy atom. The van der Waals surface area contributed by atoms with Crippen molar-refractivity contribution < 1.29 is 9.47 Å². The van der Waals surface area contributed by atoms with Gasteiger partial charge < -0.3 is 19.7 Å². The van der Waals surface area contributed by atoms with Crippen LogP contribution in [0.5, 0.6) is 11.5 Å². The average Bonchev–Trinajstić information content (AvgIpc) is 2.80. The van der Waals surface area contributed by atoms with Crippen LogP contribution in [0.1, 0.15) is 29.7 Å². The fourth-order valence-electron chi connectivity index (χ4n) is 3.29. The summed E-state index contributed by atoms with van der Waals surface area (Å²) in [6.07, 6.45) is 0. The fraction of sp³-hybridized carbons (Fsp3) is 0.240. The van der Waals surface area contributed by atoms with Gasteiger partial charge in [-0.3, -0.25) is 0 Å². The third-order valence-corrected chi connectivity index (χ3v) is 5.37. The highest BCUT2D eigenvalue weighted by Gasteiger charge is 2.17. The number of nitrogens with one attached hydrogen (secondary N) is 1. The second-order valence-electron chi connectivity index (χ2n) is 7.10. The molecule has 1 N–H and O–H groups in total. The summed E-state index contributed by atoms with van der Waals surface area (Å²) in [5.74, 6) is 1.55. The molecular formula is C25H28N2O2S. The number of hydrogen-bond donors (Lipinski definition) is 1. The molecular weight excluding hydrogens is 392 g/mol. The van der Waals surface area contributed by atoms with Crippen molar-refractivity contribution in [2.24, 2.45) is 0 Å². The predicted molar refractivity (Wildman–Crippen MR) is 126 cm³/mol. The van der Waals surface area contributed by atoms with Crippen molar-refractivity contribution >= 4 is 17.3 Å². The van der Waals surface area contributed by atoms with Crippen LogP contribution >= 0.6 is 12.2 Å². The van der Waals surface area contributed by atoms with E-state index in [1.165, 1.54) is 11.1 Å². The molecule has 0 amide bonds. The highest BCUT2D eigenvalue weighted by molar-refractivity contribution is 7.80. The van der Waals surface area contributed by atoms with Crippen molar-refractivity contribution in [3.05, 3.63) is 95.6 Å². The van der Waals surface area contributed by atoms with Gasteiger partial charge in [0.05, 0.1) is 20.3 Å². The van der Waals surface area contributed by atoms with Gasteiger partial charge in [0, 0.05) is 24.7 Å². The molecule has 3 aromatic rings. The molecule has 0 saturated heterocycles. The molecule has 0 unspecified atom stereocenters. The summed E-state index contributed by atoms with van der Waals surface area (Å²) in [6, 6.07) is 26.6. The van der Waals surface area contributed by atoms with E-state index < -0.39 is 0 Å². The zero-order valence-corrected chi connectivity index (χ0v) is 18.5. The zero-order valence-electron chi connectivity index (χ0n) is 17.7. The highest BCUT2D eigenvalue weighted by Crippen LogP contribution is 2.26. The molecule has 0 heterocycles. The van der Waals surface area contributed by atoms with Crippen LogP contribution < -0.4 is 14.8 Å². The molecule has 3 aromatic carbocycles. The summed E-state index contributed by atoms with van der Waals surface area (Å²) in [5, 5.41) is 4.19. The van der Waals surface area contributed by atoms with Gasteiger partial charge in [-0.1, -0.05) is 60.7 Å². The van der Waals surface area contributed by atoms with Crippen LogP contribution in [-0.4, -0.2) is 24.2 Å². The highest BCUT2D eigenvalue weighted by atomic mass is 32.1. The normalized spacial score (nSPS) is 11.4. The lowest BCUT2D eigenvalue weighted by Crippen LogP contribution is -2.40. The minimum atomic E-state index is 0.106. The van der Waals surface area contributed by atoms with Crippen molar-refractivity contribution in [3.63, 3.8) is 0 Å². The van der Waals surface area contributed by atoms with Crippen LogP contribution in [-0.2, 0) is 13.1 Å². The van der Waals surface area contributed by atoms with E-state index in [2.05, 4.69) is 41.4 Å². The standard InChI is InChI=1S/C25H28N2O2S/c1-19(21-12-8-5-9-13-21)26-25(30)27(17-20-10-6-4-7-11-20)18-22-14-15-23(28-2)16-24(22)29-3/h4-16,19H,17-18H2,1-3H3,(H,26,30)/t19-/m0/s1. The summed E-state index contributed by atoms with van der Waals surface area (Å²) < 4.78 is 10.9. The molecule has 3 rings (SSSR count). The predicted octanol–water partition coefficient (Wildman–Crippen LogP) is 5.34. The van der Waals surface area contributed by atoms with Gasteiger partial charge in [-0.25, -0.2) is 0 Å². The third kappa shape index (κ3) is 5.74. The van der Waals surface area contributed by atoms with Crippen LogP contribution in [0.15, 0.2) is 78.9 Å². The van der Waals surface area contributed by atoms with E-state index in [1.54, 1.807) is 14.2 Å². The Labute approximate surface area is 184 Å². The first kappa shape index (κ1) is 21.7. The van der Waals surface area contributed by atoms with E-state index in [4.69, 9.17) is 21.7 Å². The monoisotopic (exact) mass is 420 g/mol. The molecule has 1 atom stereocenters. The number of benzene rings is 3. The molecule has 0 aliphatic rings. The SMILES string of the molecule is COc1ccc(CN(Cc2ccccc2)C(=S)N[C@@H](C)c2ccccc2)c(OC)c1. The Hall–Kier alpha value is -3.05. The van der Waals surface area contributed by atoms with Gasteiger partial charge in [-0.15, -0.1) is 0 Å². The topological polar surface area (TPSA) is 33.7 Å². The maximum absolute atomic E-state index is 5.83. The number of methoxy groups -OCH3 is 2. The van der Waals surface area contributed by atoms with Crippen molar-refractivity contribution in [2.45, 2.75) is 26.1 Å². The van der Waals surface area contributed by atoms with Gasteiger partial charge in [0.2, 0.25) is 0 Å². The maximum Gasteiger partial charge on any atom is 0.170 e. The van der Waals surface area contributed by atoms with E-state index in [9.17, 15) is 0 Å². The van der Waals surface area contributed by atoms with E-state index >= 15 is 0 Å². The Morgan fingerprint density at radius 1 is 0.900 bits per heavy atom. The Morgan fingerprint density at radius 3 is 2.20 bits per heavy atom. The van der Waals surface area contributed by atoms with E-state index in [1.807, 2.05) is 54.6 Å². The number of rotatable bonds is 8. The molecule has 0 spiro atoms. The average molecular weight is 421 g/mol. The van der Waals surface area contributed by atoms with Crippen LogP contribution in [0, 0.1) is 0 Å². The molecule has 0 saturated carbocycles. The summed E-state index contributed by atoms with van der Waals surface area (Å²) in [6.45, 7) is 3.44. The Balaban J connectivity index is 1.82. The summed E-state index contributed by atoms with van der Waals surface area (Å²) in [5.41, 5.74) is 3.44. The molecule has 156 valence electrons. The van der Waals surface area contributed by atoms with Gasteiger partial charge >= 0.3 is 0 Å². The van der Waals surface area contributed by atoms with Gasteiger partial charge in [0.25, 0.3) is 0 Å². The van der Waals surface area contributed by atoms with E-state index in [-0.39, 0.29) is 6.04 Å². The fourth-order valence-corrected chi connectivity index (χ4v) is 3.60. The molecule has 0 fully saturated rings. The van der Waals surface area contributed by atoms with Gasteiger partial charge in [0.1, 0.15) is 11.5 Å². The van der Waals surface area contributed by atoms with Crippen molar-refractivity contribution in [1.82, 2.24) is 10.2 Å². The van der Waals surface area contributed by atoms with Crippen molar-refractivity contribution in [3.8, 4) is 11.5 Å². The molecule has 5 heteroatoms. The molecule has 0 radical (unpaired) electrons. The number of ether oxygens (including phenoxy) is 2. The molecule has 0 bridgehead atoms. The minimum absolute atomic E-state index is 0.106. The lowest BCUT2D eigenvalue weighted by Gasteiger charge is -2.29. The van der Waals surface area contributed by atoms with E-state index in [0.29, 0.717) is 18.2 Å². The lowest BCUT2D eigenvalue weighted by molar-refractivity contribution is 0.363. The van der Waals surface area contributed by atoms with Crippen LogP contribution in [0.2, 0.25) is 0 Å². The first-order chi connectivity index (χ1) is 14.6. The molecule has 0 aliphatic carbocycles. The van der Waals surface area contributed by atoms with Crippen molar-refractivity contribution in [1.29, 1.82) is 0 Å². The second-order valence-corrected chi connectivity index (χ2v) is 7.49. The molecule has 0 aromatic heterocycles. The molecule has 4 nitrogen and oxygen atoms in total. The van der Waals surface area contributed by atoms with Crippen LogP contribution in [0.25, 0.3) is 0 Å². The molecule has 0 aliphatic heterocycles. The molecule has 30 heavy (non-hydrogen) atoms. The van der Waals surface area contributed by atoms with Gasteiger partial charge in [-0.05, 0) is 42.4 Å². The van der Waals surface area contributed by atoms with Crippen LogP contribution in [0.4, 0.5) is 0 Å². The summed E-state index contributed by atoms with van der Waals surface area (Å²) in [4.78, 5) is 2.16. The Kier molecular flexibility index (Phi) is 7.69. The van der Waals surface area contributed by atoms with Gasteiger partial charge in [0.15, 0.2) is 5.11 Å². The largest absolute Gasteiger partial charge is 0.497 e. The lowest BCUT2D eigenvalue weighted by atomic mass is 10.1. The number of hydrogen-bond acceptors (Lipinski definition) is 3. The second kappa shape index (κ2) is 10.6. The first-order valence-electron chi connectivity index (χ1n) is 9.96. The third-order valence-electron chi connectivity index (χ3n) is 5.00. The van der Waals surface area contributed by atoms with Crippen LogP contribution in [0.3, 0.4) is 0 Å². The Bertz CT molecular complexity index is 948. The first-order valence-corrected chi connectivity index (χ1v) is 10.4. The zero-order chi connectivity index (χ0) is 21.3. The summed E-state index contributed by atoms with van der Waals surface area (Å²) in [7, 11) is 3.33. The smallest absolute Gasteiger partial charge is 0.170 e. The van der Waals surface area contributed by atoms with E-state index in [0.717, 1.165) is 17.1 Å². The van der Waals surface area contributed by atoms with Crippen molar-refractivity contribution in [2.75, 3.05) is 14.2 Å².